The van der Waals surface area contributed by atoms with E-state index in [0.717, 1.165) is 5.76 Å². The zero-order valence-electron chi connectivity index (χ0n) is 6.13. The van der Waals surface area contributed by atoms with Crippen LogP contribution in [0.3, 0.4) is 0 Å². The molecular formula is C8H11NO. The van der Waals surface area contributed by atoms with E-state index >= 15 is 0 Å². The van der Waals surface area contributed by atoms with Gasteiger partial charge in [0.1, 0.15) is 5.76 Å². The molecule has 10 heavy (non-hydrogen) atoms. The van der Waals surface area contributed by atoms with Crippen LogP contribution in [0.2, 0.25) is 0 Å². The van der Waals surface area contributed by atoms with Crippen LogP contribution in [0.15, 0.2) is 16.8 Å². The molecule has 0 atom stereocenters. The highest BCUT2D eigenvalue weighted by Gasteiger charge is 2.45. The molecule has 1 aliphatic carbocycles. The molecule has 1 fully saturated rings. The maximum atomic E-state index is 5.10. The zero-order valence-corrected chi connectivity index (χ0v) is 6.13. The van der Waals surface area contributed by atoms with Crippen molar-refractivity contribution in [1.82, 2.24) is 5.16 Å². The first-order chi connectivity index (χ1) is 4.87. The van der Waals surface area contributed by atoms with Gasteiger partial charge < -0.3 is 4.52 Å². The normalized spacial score (nSPS) is 20.9. The van der Waals surface area contributed by atoms with Gasteiger partial charge in [-0.2, -0.15) is 0 Å². The Labute approximate surface area is 60.2 Å². The third kappa shape index (κ3) is 0.681. The molecule has 0 bridgehead atoms. The quantitative estimate of drug-likeness (QED) is 0.624. The van der Waals surface area contributed by atoms with E-state index in [-0.39, 0.29) is 0 Å². The highest BCUT2D eigenvalue weighted by molar-refractivity contribution is 5.19. The van der Waals surface area contributed by atoms with Crippen molar-refractivity contribution in [3.63, 3.8) is 0 Å². The summed E-state index contributed by atoms with van der Waals surface area (Å²) in [4.78, 5) is 0. The highest BCUT2D eigenvalue weighted by Crippen LogP contribution is 2.50. The fourth-order valence-electron chi connectivity index (χ4n) is 1.41. The van der Waals surface area contributed by atoms with Gasteiger partial charge in [0.25, 0.3) is 0 Å². The first kappa shape index (κ1) is 5.96. The van der Waals surface area contributed by atoms with E-state index in [1.165, 1.54) is 19.3 Å². The van der Waals surface area contributed by atoms with Crippen molar-refractivity contribution < 1.29 is 4.52 Å². The minimum absolute atomic E-state index is 0.385. The average Bonchev–Trinajstić information content (AvgIpc) is 2.58. The van der Waals surface area contributed by atoms with Crippen LogP contribution < -0.4 is 0 Å². The van der Waals surface area contributed by atoms with Crippen molar-refractivity contribution in [1.29, 1.82) is 0 Å². The minimum atomic E-state index is 0.385. The molecule has 1 heterocycles. The van der Waals surface area contributed by atoms with E-state index < -0.39 is 0 Å². The van der Waals surface area contributed by atoms with Gasteiger partial charge in [0.2, 0.25) is 0 Å². The van der Waals surface area contributed by atoms with Gasteiger partial charge in [-0.05, 0) is 19.3 Å². The molecule has 0 spiro atoms. The third-order valence-corrected chi connectivity index (χ3v) is 2.49. The summed E-state index contributed by atoms with van der Waals surface area (Å²) in [6.07, 6.45) is 5.46. The van der Waals surface area contributed by atoms with E-state index in [9.17, 15) is 0 Å². The van der Waals surface area contributed by atoms with E-state index in [0.29, 0.717) is 5.41 Å². The van der Waals surface area contributed by atoms with Crippen molar-refractivity contribution in [3.05, 3.63) is 18.0 Å². The van der Waals surface area contributed by atoms with E-state index in [4.69, 9.17) is 4.52 Å². The van der Waals surface area contributed by atoms with Crippen molar-refractivity contribution in [2.75, 3.05) is 0 Å². The zero-order chi connectivity index (χ0) is 7.03. The molecule has 1 aliphatic rings. The SMILES string of the molecule is CCC1(c2ccno2)CC1. The minimum Gasteiger partial charge on any atom is -0.361 e. The monoisotopic (exact) mass is 137 g/mol. The molecule has 2 rings (SSSR count). The van der Waals surface area contributed by atoms with Crippen LogP contribution >= 0.6 is 0 Å². The Kier molecular flexibility index (Phi) is 1.10. The van der Waals surface area contributed by atoms with Crippen LogP contribution in [0.4, 0.5) is 0 Å². The lowest BCUT2D eigenvalue weighted by molar-refractivity contribution is 0.348. The predicted octanol–water partition coefficient (Wildman–Crippen LogP) is 2.12. The summed E-state index contributed by atoms with van der Waals surface area (Å²) in [6, 6.07) is 1.98. The number of hydrogen-bond donors (Lipinski definition) is 0. The van der Waals surface area contributed by atoms with Gasteiger partial charge in [0.15, 0.2) is 0 Å². The standard InChI is InChI=1S/C8H11NO/c1-2-8(4-5-8)7-3-6-9-10-7/h3,6H,2,4-5H2,1H3. The molecular weight excluding hydrogens is 126 g/mol. The lowest BCUT2D eigenvalue weighted by Crippen LogP contribution is -2.01. The molecule has 54 valence electrons. The number of hydrogen-bond acceptors (Lipinski definition) is 2. The Bertz CT molecular complexity index is 211. The Morgan fingerprint density at radius 2 is 2.50 bits per heavy atom. The molecule has 0 amide bonds. The summed E-state index contributed by atoms with van der Waals surface area (Å²) < 4.78 is 5.10. The van der Waals surface area contributed by atoms with Gasteiger partial charge in [-0.25, -0.2) is 0 Å². The highest BCUT2D eigenvalue weighted by atomic mass is 16.5. The van der Waals surface area contributed by atoms with Crippen LogP contribution in [0.1, 0.15) is 31.9 Å². The average molecular weight is 137 g/mol. The molecule has 1 aromatic rings. The molecule has 0 unspecified atom stereocenters. The van der Waals surface area contributed by atoms with E-state index in [1.54, 1.807) is 6.20 Å². The van der Waals surface area contributed by atoms with Crippen molar-refractivity contribution in [2.24, 2.45) is 0 Å². The lowest BCUT2D eigenvalue weighted by atomic mass is 10.0. The number of rotatable bonds is 2. The van der Waals surface area contributed by atoms with Crippen LogP contribution in [0.25, 0.3) is 0 Å². The Morgan fingerprint density at radius 3 is 2.90 bits per heavy atom. The number of nitrogens with zero attached hydrogens (tertiary/aromatic N) is 1. The van der Waals surface area contributed by atoms with Gasteiger partial charge in [-0.15, -0.1) is 0 Å². The van der Waals surface area contributed by atoms with Gasteiger partial charge in [-0.3, -0.25) is 0 Å². The molecule has 1 aromatic heterocycles. The molecule has 0 radical (unpaired) electrons. The Morgan fingerprint density at radius 1 is 1.70 bits per heavy atom. The van der Waals surface area contributed by atoms with E-state index in [1.807, 2.05) is 6.07 Å². The Hall–Kier alpha value is -0.790. The van der Waals surface area contributed by atoms with Crippen LogP contribution in [0, 0.1) is 0 Å². The molecule has 0 aromatic carbocycles. The maximum Gasteiger partial charge on any atom is 0.142 e. The lowest BCUT2D eigenvalue weighted by Gasteiger charge is -2.04. The second-order valence-corrected chi connectivity index (χ2v) is 3.01. The van der Waals surface area contributed by atoms with Crippen molar-refractivity contribution >= 4 is 0 Å². The summed E-state index contributed by atoms with van der Waals surface area (Å²) in [5.74, 6) is 1.08. The summed E-state index contributed by atoms with van der Waals surface area (Å²) in [6.45, 7) is 2.20. The van der Waals surface area contributed by atoms with Crippen LogP contribution in [0.5, 0.6) is 0 Å². The molecule has 0 saturated heterocycles. The van der Waals surface area contributed by atoms with E-state index in [2.05, 4.69) is 12.1 Å². The van der Waals surface area contributed by atoms with Gasteiger partial charge in [0, 0.05) is 11.5 Å². The third-order valence-electron chi connectivity index (χ3n) is 2.49. The molecule has 2 heteroatoms. The van der Waals surface area contributed by atoms with Gasteiger partial charge in [0.05, 0.1) is 6.20 Å². The maximum absolute atomic E-state index is 5.10. The molecule has 0 aliphatic heterocycles. The number of aromatic nitrogens is 1. The second-order valence-electron chi connectivity index (χ2n) is 3.01. The van der Waals surface area contributed by atoms with Gasteiger partial charge >= 0.3 is 0 Å². The topological polar surface area (TPSA) is 26.0 Å². The fourth-order valence-corrected chi connectivity index (χ4v) is 1.41. The van der Waals surface area contributed by atoms with Crippen LogP contribution in [-0.4, -0.2) is 5.16 Å². The first-order valence-electron chi connectivity index (χ1n) is 3.78. The van der Waals surface area contributed by atoms with Crippen molar-refractivity contribution in [3.8, 4) is 0 Å². The summed E-state index contributed by atoms with van der Waals surface area (Å²) in [7, 11) is 0. The summed E-state index contributed by atoms with van der Waals surface area (Å²) >= 11 is 0. The van der Waals surface area contributed by atoms with Crippen LogP contribution in [-0.2, 0) is 5.41 Å². The smallest absolute Gasteiger partial charge is 0.142 e. The molecule has 2 nitrogen and oxygen atoms in total. The summed E-state index contributed by atoms with van der Waals surface area (Å²) in [5, 5.41) is 3.70. The first-order valence-corrected chi connectivity index (χ1v) is 3.78. The second kappa shape index (κ2) is 1.84. The van der Waals surface area contributed by atoms with Crippen molar-refractivity contribution in [2.45, 2.75) is 31.6 Å². The summed E-state index contributed by atoms with van der Waals surface area (Å²) in [5.41, 5.74) is 0.385. The fraction of sp³-hybridized carbons (Fsp3) is 0.625. The molecule has 0 N–H and O–H groups in total. The largest absolute Gasteiger partial charge is 0.361 e. The predicted molar refractivity (Wildman–Crippen MR) is 37.7 cm³/mol. The molecule has 1 saturated carbocycles. The van der Waals surface area contributed by atoms with Gasteiger partial charge in [-0.1, -0.05) is 12.1 Å². The Balaban J connectivity index is 2.27.